The summed E-state index contributed by atoms with van der Waals surface area (Å²) in [6, 6.07) is 6.91. The molecule has 0 bridgehead atoms. The molecule has 2 nitrogen and oxygen atoms in total. The first-order chi connectivity index (χ1) is 9.69. The van der Waals surface area contributed by atoms with Gasteiger partial charge < -0.3 is 4.90 Å². The second-order valence-corrected chi connectivity index (χ2v) is 7.02. The maximum atomic E-state index is 12.8. The van der Waals surface area contributed by atoms with E-state index in [1.165, 1.54) is 30.4 Å². The highest BCUT2D eigenvalue weighted by Gasteiger charge is 2.34. The van der Waals surface area contributed by atoms with Crippen molar-refractivity contribution in [2.24, 2.45) is 5.92 Å². The topological polar surface area (TPSA) is 20.3 Å². The van der Waals surface area contributed by atoms with Crippen LogP contribution in [0.2, 0.25) is 0 Å². The minimum absolute atomic E-state index is 0.173. The molecule has 0 radical (unpaired) electrons. The van der Waals surface area contributed by atoms with Gasteiger partial charge in [-0.1, -0.05) is 28.9 Å². The molecule has 1 aromatic rings. The fourth-order valence-electron chi connectivity index (χ4n) is 3.71. The number of nitrogens with zero attached hydrogens (tertiary/aromatic N) is 1. The molecule has 1 amide bonds. The van der Waals surface area contributed by atoms with Gasteiger partial charge in [-0.3, -0.25) is 4.79 Å². The van der Waals surface area contributed by atoms with Crippen molar-refractivity contribution in [2.75, 3.05) is 6.54 Å². The summed E-state index contributed by atoms with van der Waals surface area (Å²) < 4.78 is 1.12. The molecular weight excluding hydrogens is 314 g/mol. The molecule has 1 saturated heterocycles. The van der Waals surface area contributed by atoms with Gasteiger partial charge in [0.25, 0.3) is 0 Å². The van der Waals surface area contributed by atoms with Crippen LogP contribution >= 0.6 is 15.9 Å². The van der Waals surface area contributed by atoms with Gasteiger partial charge >= 0.3 is 0 Å². The highest BCUT2D eigenvalue weighted by atomic mass is 79.9. The molecule has 1 heterocycles. The lowest BCUT2D eigenvalue weighted by atomic mass is 9.96. The molecule has 1 aliphatic carbocycles. The molecule has 0 aromatic heterocycles. The van der Waals surface area contributed by atoms with Gasteiger partial charge in [0, 0.05) is 23.0 Å². The van der Waals surface area contributed by atoms with E-state index in [-0.39, 0.29) is 5.92 Å². The lowest BCUT2D eigenvalue weighted by molar-refractivity contribution is -0.139. The van der Waals surface area contributed by atoms with Crippen LogP contribution in [0.15, 0.2) is 22.7 Å². The van der Waals surface area contributed by atoms with Crippen molar-refractivity contribution in [3.05, 3.63) is 33.8 Å². The SMILES string of the molecule is CCC1CCCCN1C(=O)C1Cc2ccc(Br)cc2C1. The Morgan fingerprint density at radius 3 is 2.90 bits per heavy atom. The van der Waals surface area contributed by atoms with Crippen LogP contribution in [0.1, 0.15) is 43.7 Å². The van der Waals surface area contributed by atoms with E-state index in [4.69, 9.17) is 0 Å². The zero-order chi connectivity index (χ0) is 14.1. The molecule has 3 rings (SSSR count). The predicted octanol–water partition coefficient (Wildman–Crippen LogP) is 3.96. The van der Waals surface area contributed by atoms with E-state index in [9.17, 15) is 4.79 Å². The lowest BCUT2D eigenvalue weighted by Gasteiger charge is -2.37. The number of hydrogen-bond donors (Lipinski definition) is 0. The number of likely N-dealkylation sites (tertiary alicyclic amines) is 1. The van der Waals surface area contributed by atoms with E-state index in [1.54, 1.807) is 0 Å². The van der Waals surface area contributed by atoms with E-state index < -0.39 is 0 Å². The average Bonchev–Trinajstić information content (AvgIpc) is 2.89. The highest BCUT2D eigenvalue weighted by Crippen LogP contribution is 2.32. The molecule has 0 N–H and O–H groups in total. The van der Waals surface area contributed by atoms with Gasteiger partial charge in [0.05, 0.1) is 0 Å². The molecule has 20 heavy (non-hydrogen) atoms. The van der Waals surface area contributed by atoms with Gasteiger partial charge in [0.1, 0.15) is 0 Å². The molecule has 0 saturated carbocycles. The number of carbonyl (C=O) groups excluding carboxylic acids is 1. The van der Waals surface area contributed by atoms with E-state index in [1.807, 2.05) is 0 Å². The number of fused-ring (bicyclic) bond motifs is 1. The number of benzene rings is 1. The van der Waals surface area contributed by atoms with Gasteiger partial charge in [0.15, 0.2) is 0 Å². The Morgan fingerprint density at radius 1 is 1.30 bits per heavy atom. The van der Waals surface area contributed by atoms with Crippen LogP contribution in [-0.2, 0) is 17.6 Å². The van der Waals surface area contributed by atoms with E-state index in [0.717, 1.165) is 30.3 Å². The summed E-state index contributed by atoms with van der Waals surface area (Å²) in [4.78, 5) is 15.0. The Balaban J connectivity index is 1.73. The summed E-state index contributed by atoms with van der Waals surface area (Å²) in [6.07, 6.45) is 6.58. The Labute approximate surface area is 129 Å². The number of halogens is 1. The first kappa shape index (κ1) is 14.1. The smallest absolute Gasteiger partial charge is 0.226 e. The maximum Gasteiger partial charge on any atom is 0.226 e. The summed E-state index contributed by atoms with van der Waals surface area (Å²) in [5, 5.41) is 0. The zero-order valence-corrected chi connectivity index (χ0v) is 13.7. The molecule has 2 aliphatic rings. The van der Waals surface area contributed by atoms with Crippen LogP contribution in [0.3, 0.4) is 0 Å². The van der Waals surface area contributed by atoms with Crippen molar-refractivity contribution >= 4 is 21.8 Å². The normalized spacial score (nSPS) is 25.6. The minimum atomic E-state index is 0.173. The number of amides is 1. The number of rotatable bonds is 2. The van der Waals surface area contributed by atoms with Gasteiger partial charge in [-0.2, -0.15) is 0 Å². The number of carbonyl (C=O) groups is 1. The molecule has 108 valence electrons. The average molecular weight is 336 g/mol. The molecule has 2 unspecified atom stereocenters. The second-order valence-electron chi connectivity index (χ2n) is 6.11. The van der Waals surface area contributed by atoms with E-state index in [0.29, 0.717) is 11.9 Å². The van der Waals surface area contributed by atoms with E-state index >= 15 is 0 Å². The fraction of sp³-hybridized carbons (Fsp3) is 0.588. The Kier molecular flexibility index (Phi) is 4.16. The van der Waals surface area contributed by atoms with E-state index in [2.05, 4.69) is 46.0 Å². The quantitative estimate of drug-likeness (QED) is 0.801. The van der Waals surface area contributed by atoms with Crippen LogP contribution in [0.5, 0.6) is 0 Å². The summed E-state index contributed by atoms with van der Waals surface area (Å²) in [5.41, 5.74) is 2.71. The number of piperidine rings is 1. The Morgan fingerprint density at radius 2 is 2.10 bits per heavy atom. The summed E-state index contributed by atoms with van der Waals surface area (Å²) in [5.74, 6) is 0.565. The second kappa shape index (κ2) is 5.88. The van der Waals surface area contributed by atoms with Gasteiger partial charge in [0.2, 0.25) is 5.91 Å². The Hall–Kier alpha value is -0.830. The monoisotopic (exact) mass is 335 g/mol. The van der Waals surface area contributed by atoms with Crippen molar-refractivity contribution in [1.82, 2.24) is 4.90 Å². The van der Waals surface area contributed by atoms with Crippen molar-refractivity contribution in [1.29, 1.82) is 0 Å². The van der Waals surface area contributed by atoms with Crippen LogP contribution < -0.4 is 0 Å². The Bertz CT molecular complexity index is 514. The lowest BCUT2D eigenvalue weighted by Crippen LogP contribution is -2.46. The van der Waals surface area contributed by atoms with Gasteiger partial charge in [-0.15, -0.1) is 0 Å². The summed E-state index contributed by atoms with van der Waals surface area (Å²) >= 11 is 3.52. The summed E-state index contributed by atoms with van der Waals surface area (Å²) in [6.45, 7) is 3.17. The molecule has 1 aromatic carbocycles. The minimum Gasteiger partial charge on any atom is -0.339 e. The number of hydrogen-bond acceptors (Lipinski definition) is 1. The third-order valence-corrected chi connectivity index (χ3v) is 5.32. The van der Waals surface area contributed by atoms with Crippen LogP contribution in [-0.4, -0.2) is 23.4 Å². The molecule has 1 fully saturated rings. The van der Waals surface area contributed by atoms with Crippen molar-refractivity contribution in [2.45, 2.75) is 51.5 Å². The molecule has 0 spiro atoms. The highest BCUT2D eigenvalue weighted by molar-refractivity contribution is 9.10. The predicted molar refractivity (Wildman–Crippen MR) is 84.7 cm³/mol. The van der Waals surface area contributed by atoms with Gasteiger partial charge in [-0.25, -0.2) is 0 Å². The van der Waals surface area contributed by atoms with Crippen molar-refractivity contribution in [3.8, 4) is 0 Å². The van der Waals surface area contributed by atoms with Gasteiger partial charge in [-0.05, 0) is 61.8 Å². The van der Waals surface area contributed by atoms with Crippen LogP contribution in [0.4, 0.5) is 0 Å². The first-order valence-electron chi connectivity index (χ1n) is 7.77. The molecular formula is C17H22BrNO. The van der Waals surface area contributed by atoms with Crippen molar-refractivity contribution in [3.63, 3.8) is 0 Å². The maximum absolute atomic E-state index is 12.8. The van der Waals surface area contributed by atoms with Crippen LogP contribution in [0, 0.1) is 5.92 Å². The summed E-state index contributed by atoms with van der Waals surface area (Å²) in [7, 11) is 0. The van der Waals surface area contributed by atoms with Crippen LogP contribution in [0.25, 0.3) is 0 Å². The van der Waals surface area contributed by atoms with Crippen molar-refractivity contribution < 1.29 is 4.79 Å². The molecule has 1 aliphatic heterocycles. The zero-order valence-electron chi connectivity index (χ0n) is 12.1. The molecule has 2 atom stereocenters. The largest absolute Gasteiger partial charge is 0.339 e. The fourth-order valence-corrected chi connectivity index (χ4v) is 4.12. The third kappa shape index (κ3) is 2.65. The first-order valence-corrected chi connectivity index (χ1v) is 8.56. The third-order valence-electron chi connectivity index (χ3n) is 4.83. The molecule has 3 heteroatoms. The standard InChI is InChI=1S/C17H22BrNO/c1-2-16-5-3-4-8-19(16)17(20)14-9-12-6-7-15(18)11-13(12)10-14/h6-7,11,14,16H,2-5,8-10H2,1H3.